The normalized spacial score (nSPS) is 12.8. The van der Waals surface area contributed by atoms with E-state index in [9.17, 15) is 0 Å². The van der Waals surface area contributed by atoms with Gasteiger partial charge in [-0.15, -0.1) is 0 Å². The molecule has 0 aliphatic heterocycles. The largest absolute Gasteiger partial charge is 0.408 e. The first-order chi connectivity index (χ1) is 7.74. The van der Waals surface area contributed by atoms with Crippen molar-refractivity contribution in [3.05, 3.63) is 35.4 Å². The molecule has 17 heavy (non-hydrogen) atoms. The highest BCUT2D eigenvalue weighted by Crippen LogP contribution is 2.29. The van der Waals surface area contributed by atoms with E-state index in [1.54, 1.807) is 0 Å². The van der Waals surface area contributed by atoms with E-state index in [-0.39, 0.29) is 17.2 Å². The van der Waals surface area contributed by atoms with Crippen LogP contribution in [0.2, 0.25) is 5.04 Å². The van der Waals surface area contributed by atoms with Crippen molar-refractivity contribution in [2.24, 2.45) is 0 Å². The second kappa shape index (κ2) is 5.34. The monoisotopic (exact) mass is 250 g/mol. The van der Waals surface area contributed by atoms with Gasteiger partial charge >= 0.3 is 0 Å². The summed E-state index contributed by atoms with van der Waals surface area (Å²) >= 11 is 0. The van der Waals surface area contributed by atoms with Crippen LogP contribution >= 0.6 is 0 Å². The Labute approximate surface area is 107 Å². The second-order valence-electron chi connectivity index (χ2n) is 5.82. The molecule has 0 unspecified atom stereocenters. The van der Waals surface area contributed by atoms with Gasteiger partial charge in [0.25, 0.3) is 0 Å². The number of aliphatic hydroxyl groups excluding tert-OH is 1. The van der Waals surface area contributed by atoms with Crippen LogP contribution in [0.25, 0.3) is 0 Å². The van der Waals surface area contributed by atoms with E-state index in [2.05, 4.69) is 34.6 Å². The molecule has 0 aromatic heterocycles. The summed E-state index contributed by atoms with van der Waals surface area (Å²) < 4.78 is 6.03. The van der Waals surface area contributed by atoms with Crippen LogP contribution in [0.15, 0.2) is 24.3 Å². The van der Waals surface area contributed by atoms with Crippen molar-refractivity contribution in [2.75, 3.05) is 0 Å². The maximum atomic E-state index is 9.15. The van der Waals surface area contributed by atoms with Crippen LogP contribution in [0.3, 0.4) is 0 Å². The fourth-order valence-corrected chi connectivity index (χ4v) is 2.06. The molecule has 0 bridgehead atoms. The third-order valence-corrected chi connectivity index (χ3v) is 3.64. The van der Waals surface area contributed by atoms with E-state index in [1.807, 2.05) is 24.3 Å². The number of rotatable bonds is 4. The van der Waals surface area contributed by atoms with Gasteiger partial charge in [0, 0.05) is 0 Å². The van der Waals surface area contributed by atoms with Crippen LogP contribution in [0.4, 0.5) is 0 Å². The Balaban J connectivity index is 2.81. The van der Waals surface area contributed by atoms with Gasteiger partial charge in [-0.2, -0.15) is 0 Å². The molecule has 0 aliphatic carbocycles. The van der Waals surface area contributed by atoms with Gasteiger partial charge in [-0.1, -0.05) is 45.0 Å². The highest BCUT2D eigenvalue weighted by molar-refractivity contribution is 6.31. The topological polar surface area (TPSA) is 29.5 Å². The predicted molar refractivity (Wildman–Crippen MR) is 71.9 cm³/mol. The maximum Gasteiger partial charge on any atom is 0.236 e. The van der Waals surface area contributed by atoms with Crippen LogP contribution in [-0.2, 0) is 16.6 Å². The van der Waals surface area contributed by atoms with E-state index in [4.69, 9.17) is 9.53 Å². The van der Waals surface area contributed by atoms with Crippen molar-refractivity contribution in [3.8, 4) is 0 Å². The Morgan fingerprint density at radius 2 is 1.82 bits per heavy atom. The first-order valence-corrected chi connectivity index (χ1v) is 6.81. The van der Waals surface area contributed by atoms with Gasteiger partial charge in [0.2, 0.25) is 9.76 Å². The highest BCUT2D eigenvalue weighted by Gasteiger charge is 2.25. The van der Waals surface area contributed by atoms with E-state index in [0.29, 0.717) is 9.76 Å². The standard InChI is InChI=1S/C14H22O2Si/c1-13(2,3)17-16-14(4,5)12-8-6-7-11(9-12)10-15/h6-9,15H,10H2,1-5H3. The summed E-state index contributed by atoms with van der Waals surface area (Å²) in [4.78, 5) is 0. The van der Waals surface area contributed by atoms with Gasteiger partial charge in [-0.3, -0.25) is 0 Å². The van der Waals surface area contributed by atoms with Gasteiger partial charge in [-0.25, -0.2) is 0 Å². The summed E-state index contributed by atoms with van der Waals surface area (Å²) in [5.41, 5.74) is 1.73. The zero-order valence-electron chi connectivity index (χ0n) is 11.4. The van der Waals surface area contributed by atoms with Gasteiger partial charge < -0.3 is 9.53 Å². The Morgan fingerprint density at radius 1 is 1.18 bits per heavy atom. The first kappa shape index (κ1) is 14.4. The maximum absolute atomic E-state index is 9.15. The summed E-state index contributed by atoms with van der Waals surface area (Å²) in [5, 5.41) is 9.33. The lowest BCUT2D eigenvalue weighted by atomic mass is 9.97. The van der Waals surface area contributed by atoms with Crippen molar-refractivity contribution >= 4 is 9.76 Å². The van der Waals surface area contributed by atoms with Crippen molar-refractivity contribution < 1.29 is 9.53 Å². The SMILES string of the molecule is CC(C)(C)[Si]OC(C)(C)c1cccc(CO)c1. The van der Waals surface area contributed by atoms with Crippen molar-refractivity contribution in [1.29, 1.82) is 0 Å². The molecule has 0 spiro atoms. The number of hydrogen-bond acceptors (Lipinski definition) is 2. The molecule has 2 nitrogen and oxygen atoms in total. The van der Waals surface area contributed by atoms with Crippen LogP contribution < -0.4 is 0 Å². The first-order valence-electron chi connectivity index (χ1n) is 5.90. The molecule has 1 rings (SSSR count). The number of benzene rings is 1. The zero-order valence-corrected chi connectivity index (χ0v) is 12.4. The van der Waals surface area contributed by atoms with E-state index < -0.39 is 0 Å². The average Bonchev–Trinajstić information content (AvgIpc) is 2.26. The molecular formula is C14H22O2Si. The molecule has 1 N–H and O–H groups in total. The van der Waals surface area contributed by atoms with Crippen LogP contribution in [0, 0.1) is 0 Å². The summed E-state index contributed by atoms with van der Waals surface area (Å²) in [6.07, 6.45) is 0. The second-order valence-corrected chi connectivity index (χ2v) is 7.73. The molecule has 94 valence electrons. The Kier molecular flexibility index (Phi) is 4.53. The van der Waals surface area contributed by atoms with Crippen LogP contribution in [-0.4, -0.2) is 14.9 Å². The van der Waals surface area contributed by atoms with Crippen molar-refractivity contribution in [1.82, 2.24) is 0 Å². The van der Waals surface area contributed by atoms with Gasteiger partial charge in [0.1, 0.15) is 0 Å². The molecule has 0 fully saturated rings. The molecular weight excluding hydrogens is 228 g/mol. The lowest BCUT2D eigenvalue weighted by Gasteiger charge is -2.30. The zero-order chi connectivity index (χ0) is 13.1. The van der Waals surface area contributed by atoms with Crippen LogP contribution in [0.5, 0.6) is 0 Å². The lowest BCUT2D eigenvalue weighted by molar-refractivity contribution is 0.109. The quantitative estimate of drug-likeness (QED) is 0.831. The molecule has 0 atom stereocenters. The molecule has 0 saturated carbocycles. The minimum atomic E-state index is -0.309. The third kappa shape index (κ3) is 4.62. The van der Waals surface area contributed by atoms with Gasteiger partial charge in [0.15, 0.2) is 0 Å². The molecule has 0 amide bonds. The lowest BCUT2D eigenvalue weighted by Crippen LogP contribution is -2.27. The summed E-state index contributed by atoms with van der Waals surface area (Å²) in [6.45, 7) is 10.7. The molecule has 1 aromatic carbocycles. The Bertz CT molecular complexity index is 367. The fourth-order valence-electron chi connectivity index (χ4n) is 1.38. The number of hydrogen-bond donors (Lipinski definition) is 1. The summed E-state index contributed by atoms with van der Waals surface area (Å²) in [5.74, 6) is 0. The molecule has 3 heteroatoms. The third-order valence-electron chi connectivity index (χ3n) is 2.42. The molecule has 0 aliphatic rings. The number of aliphatic hydroxyl groups is 1. The average molecular weight is 250 g/mol. The predicted octanol–water partition coefficient (Wildman–Crippen LogP) is 3.27. The smallest absolute Gasteiger partial charge is 0.236 e. The van der Waals surface area contributed by atoms with Crippen molar-refractivity contribution in [2.45, 2.75) is 51.9 Å². The Hall–Kier alpha value is -0.643. The van der Waals surface area contributed by atoms with Gasteiger partial charge in [-0.05, 0) is 30.0 Å². The van der Waals surface area contributed by atoms with E-state index in [1.165, 1.54) is 0 Å². The summed E-state index contributed by atoms with van der Waals surface area (Å²) in [6, 6.07) is 7.94. The molecule has 0 heterocycles. The minimum Gasteiger partial charge on any atom is -0.408 e. The minimum absolute atomic E-state index is 0.0749. The summed E-state index contributed by atoms with van der Waals surface area (Å²) in [7, 11) is 0.453. The molecule has 1 aromatic rings. The highest BCUT2D eigenvalue weighted by atomic mass is 28.2. The van der Waals surface area contributed by atoms with Crippen LogP contribution in [0.1, 0.15) is 45.7 Å². The fraction of sp³-hybridized carbons (Fsp3) is 0.571. The molecule has 2 radical (unpaired) electrons. The van der Waals surface area contributed by atoms with Crippen molar-refractivity contribution in [3.63, 3.8) is 0 Å². The molecule has 0 saturated heterocycles. The Morgan fingerprint density at radius 3 is 2.35 bits per heavy atom. The van der Waals surface area contributed by atoms with Gasteiger partial charge in [0.05, 0.1) is 12.2 Å². The van der Waals surface area contributed by atoms with E-state index >= 15 is 0 Å². The van der Waals surface area contributed by atoms with E-state index in [0.717, 1.165) is 11.1 Å².